The molecular formula is C24H29F3N8O5. The molecule has 3 aliphatic rings. The number of nitrogens with one attached hydrogen (secondary N) is 2. The highest BCUT2D eigenvalue weighted by Crippen LogP contribution is 2.37. The molecular weight excluding hydrogens is 537 g/mol. The largest absolute Gasteiger partial charge is 0.474 e. The molecule has 2 aromatic heterocycles. The molecule has 2 unspecified atom stereocenters. The van der Waals surface area contributed by atoms with E-state index in [1.54, 1.807) is 0 Å². The fourth-order valence-corrected chi connectivity index (χ4v) is 4.69. The van der Waals surface area contributed by atoms with Crippen LogP contribution in [0.2, 0.25) is 0 Å². The third-order valence-electron chi connectivity index (χ3n) is 6.69. The molecule has 216 valence electrons. The third kappa shape index (κ3) is 6.01. The molecule has 2 saturated heterocycles. The van der Waals surface area contributed by atoms with Crippen molar-refractivity contribution >= 4 is 29.3 Å². The Labute approximate surface area is 227 Å². The number of anilines is 3. The highest BCUT2D eigenvalue weighted by molar-refractivity contribution is 6.04. The van der Waals surface area contributed by atoms with Crippen LogP contribution >= 0.6 is 0 Å². The highest BCUT2D eigenvalue weighted by Gasteiger charge is 2.41. The molecule has 2 N–H and O–H groups in total. The van der Waals surface area contributed by atoms with Gasteiger partial charge in [0.05, 0.1) is 36.9 Å². The summed E-state index contributed by atoms with van der Waals surface area (Å²) in [4.78, 5) is 45.8. The number of alkyl halides is 3. The maximum Gasteiger partial charge on any atom is 0.408 e. The minimum atomic E-state index is -4.63. The van der Waals surface area contributed by atoms with Crippen LogP contribution in [-0.4, -0.2) is 88.3 Å². The second-order valence-electron chi connectivity index (χ2n) is 10.2. The zero-order valence-corrected chi connectivity index (χ0v) is 22.1. The van der Waals surface area contributed by atoms with Crippen molar-refractivity contribution in [3.63, 3.8) is 0 Å². The molecule has 0 aliphatic carbocycles. The average Bonchev–Trinajstić information content (AvgIpc) is 3.26. The zero-order chi connectivity index (χ0) is 28.7. The number of hydrogen-bond donors (Lipinski definition) is 2. The van der Waals surface area contributed by atoms with Crippen LogP contribution in [0.5, 0.6) is 5.88 Å². The molecule has 5 rings (SSSR count). The minimum Gasteiger partial charge on any atom is -0.474 e. The molecule has 0 radical (unpaired) electrons. The number of hydrogen-bond acceptors (Lipinski definition) is 10. The Balaban J connectivity index is 1.29. The van der Waals surface area contributed by atoms with Crippen LogP contribution in [0.4, 0.5) is 35.3 Å². The molecule has 3 aliphatic heterocycles. The van der Waals surface area contributed by atoms with Crippen LogP contribution in [0.3, 0.4) is 0 Å². The Morgan fingerprint density at radius 2 is 2.02 bits per heavy atom. The summed E-state index contributed by atoms with van der Waals surface area (Å²) in [5.74, 6) is -1.75. The van der Waals surface area contributed by atoms with Crippen LogP contribution in [-0.2, 0) is 9.47 Å². The van der Waals surface area contributed by atoms with E-state index in [4.69, 9.17) is 14.2 Å². The van der Waals surface area contributed by atoms with Gasteiger partial charge in [0.2, 0.25) is 11.7 Å². The molecule has 3 atom stereocenters. The van der Waals surface area contributed by atoms with Crippen LogP contribution in [0.1, 0.15) is 44.2 Å². The van der Waals surface area contributed by atoms with Crippen LogP contribution in [0.25, 0.3) is 0 Å². The number of urea groups is 1. The van der Waals surface area contributed by atoms with Gasteiger partial charge >= 0.3 is 12.2 Å². The summed E-state index contributed by atoms with van der Waals surface area (Å²) in [5, 5.41) is 4.52. The molecule has 2 aromatic rings. The van der Waals surface area contributed by atoms with Crippen molar-refractivity contribution in [3.8, 4) is 5.88 Å². The standard InChI is InChI=1S/C24H29F3N8O5/c1-13(24(25,26)27)31-21(36)19-30-7-16-20(33-19)35(14-5-4-6-34(16)10-14)22(37)32-17-8-29-18(9-28-17)38-11-15-12-39-23(2,3)40-15/h7-9,13-15H,4-6,10-12H2,1-3H3,(H,31,36)(H,28,32,37)/t13?,14-,15?/m0/s1. The van der Waals surface area contributed by atoms with Crippen molar-refractivity contribution in [2.24, 2.45) is 0 Å². The third-order valence-corrected chi connectivity index (χ3v) is 6.69. The lowest BCUT2D eigenvalue weighted by Gasteiger charge is -2.45. The lowest BCUT2D eigenvalue weighted by atomic mass is 10.0. The first-order chi connectivity index (χ1) is 18.9. The van der Waals surface area contributed by atoms with E-state index in [9.17, 15) is 22.8 Å². The second kappa shape index (κ2) is 10.6. The van der Waals surface area contributed by atoms with Crippen molar-refractivity contribution in [2.75, 3.05) is 41.4 Å². The number of fused-ring (bicyclic) bond motifs is 4. The molecule has 13 nitrogen and oxygen atoms in total. The topological polar surface area (TPSA) is 144 Å². The Hall–Kier alpha value is -3.79. The van der Waals surface area contributed by atoms with Crippen LogP contribution < -0.4 is 25.2 Å². The normalized spacial score (nSPS) is 22.4. The van der Waals surface area contributed by atoms with Gasteiger partial charge in [-0.1, -0.05) is 0 Å². The molecule has 0 spiro atoms. The first kappa shape index (κ1) is 27.8. The summed E-state index contributed by atoms with van der Waals surface area (Å²) >= 11 is 0. The van der Waals surface area contributed by atoms with Crippen molar-refractivity contribution in [2.45, 2.75) is 63.8 Å². The summed E-state index contributed by atoms with van der Waals surface area (Å²) in [5.41, 5.74) is 0.502. The summed E-state index contributed by atoms with van der Waals surface area (Å²) in [6.45, 7) is 6.26. The molecule has 0 aromatic carbocycles. The maximum absolute atomic E-state index is 13.4. The maximum atomic E-state index is 13.4. The molecule has 2 fully saturated rings. The zero-order valence-electron chi connectivity index (χ0n) is 22.1. The van der Waals surface area contributed by atoms with Crippen molar-refractivity contribution in [1.82, 2.24) is 25.3 Å². The number of carbonyl (C=O) groups excluding carboxylic acids is 2. The average molecular weight is 567 g/mol. The number of piperidine rings is 1. The fourth-order valence-electron chi connectivity index (χ4n) is 4.69. The monoisotopic (exact) mass is 566 g/mol. The first-order valence-corrected chi connectivity index (χ1v) is 12.8. The van der Waals surface area contributed by atoms with E-state index in [1.165, 1.54) is 23.5 Å². The second-order valence-corrected chi connectivity index (χ2v) is 10.2. The first-order valence-electron chi connectivity index (χ1n) is 12.8. The SMILES string of the molecule is CC(NC(=O)c1ncc2c(n1)N(C(=O)Nc1cnc(OCC3COC(C)(C)O3)cn1)[C@H]1CCCN2C1)C(F)(F)F. The predicted octanol–water partition coefficient (Wildman–Crippen LogP) is 2.50. The molecule has 3 amide bonds. The lowest BCUT2D eigenvalue weighted by Crippen LogP contribution is -2.56. The van der Waals surface area contributed by atoms with Gasteiger partial charge in [0.1, 0.15) is 18.8 Å². The predicted molar refractivity (Wildman–Crippen MR) is 134 cm³/mol. The number of halogens is 3. The van der Waals surface area contributed by atoms with E-state index in [-0.39, 0.29) is 36.3 Å². The Kier molecular flexibility index (Phi) is 7.39. The number of amides is 3. The van der Waals surface area contributed by atoms with E-state index >= 15 is 0 Å². The Morgan fingerprint density at radius 1 is 1.23 bits per heavy atom. The van der Waals surface area contributed by atoms with E-state index < -0.39 is 35.8 Å². The van der Waals surface area contributed by atoms with Gasteiger partial charge in [-0.25, -0.2) is 24.7 Å². The van der Waals surface area contributed by atoms with E-state index in [1.807, 2.05) is 24.1 Å². The van der Waals surface area contributed by atoms with Gasteiger partial charge in [-0.15, -0.1) is 0 Å². The van der Waals surface area contributed by atoms with Crippen molar-refractivity contribution in [3.05, 3.63) is 24.4 Å². The molecule has 0 saturated carbocycles. The van der Waals surface area contributed by atoms with Crippen molar-refractivity contribution < 1.29 is 37.0 Å². The molecule has 40 heavy (non-hydrogen) atoms. The van der Waals surface area contributed by atoms with E-state index in [2.05, 4.69) is 25.3 Å². The minimum absolute atomic E-state index is 0.128. The molecule has 5 heterocycles. The van der Waals surface area contributed by atoms with Gasteiger partial charge in [-0.3, -0.25) is 15.0 Å². The van der Waals surface area contributed by atoms with E-state index in [0.717, 1.165) is 13.3 Å². The van der Waals surface area contributed by atoms with Crippen LogP contribution in [0.15, 0.2) is 18.6 Å². The number of nitrogens with zero attached hydrogens (tertiary/aromatic N) is 6. The number of aromatic nitrogens is 4. The Morgan fingerprint density at radius 3 is 2.70 bits per heavy atom. The van der Waals surface area contributed by atoms with Crippen molar-refractivity contribution in [1.29, 1.82) is 0 Å². The van der Waals surface area contributed by atoms with Gasteiger partial charge in [-0.05, 0) is 33.6 Å². The summed E-state index contributed by atoms with van der Waals surface area (Å²) in [7, 11) is 0. The summed E-state index contributed by atoms with van der Waals surface area (Å²) in [6, 6.07) is -2.96. The molecule has 16 heteroatoms. The summed E-state index contributed by atoms with van der Waals surface area (Å²) < 4.78 is 55.6. The van der Waals surface area contributed by atoms with Crippen LogP contribution in [0, 0.1) is 0 Å². The quantitative estimate of drug-likeness (QED) is 0.535. The van der Waals surface area contributed by atoms with Gasteiger partial charge in [0.15, 0.2) is 17.4 Å². The number of ether oxygens (including phenoxy) is 3. The van der Waals surface area contributed by atoms with Gasteiger partial charge < -0.3 is 24.4 Å². The number of rotatable bonds is 6. The fraction of sp³-hybridized carbons (Fsp3) is 0.583. The van der Waals surface area contributed by atoms with Gasteiger partial charge in [0.25, 0.3) is 5.91 Å². The lowest BCUT2D eigenvalue weighted by molar-refractivity contribution is -0.149. The highest BCUT2D eigenvalue weighted by atomic mass is 19.4. The summed E-state index contributed by atoms with van der Waals surface area (Å²) in [6.07, 6.45) is 0.629. The molecule has 2 bridgehead atoms. The van der Waals surface area contributed by atoms with Gasteiger partial charge in [0, 0.05) is 13.1 Å². The van der Waals surface area contributed by atoms with Gasteiger partial charge in [-0.2, -0.15) is 13.2 Å². The number of carbonyl (C=O) groups is 2. The Bertz CT molecular complexity index is 1260. The van der Waals surface area contributed by atoms with E-state index in [0.29, 0.717) is 31.8 Å². The smallest absolute Gasteiger partial charge is 0.408 e.